The standard InChI is InChI=1S/C19H24FN3/c20-15-8-6-13(7-9-15)16-12-22-18(23-16)17(14-4-1-2-5-14)19(21)10-3-11-19/h6-9,12,14,17H,1-5,10-11,21H2,(H,22,23). The van der Waals surface area contributed by atoms with Crippen molar-refractivity contribution >= 4 is 0 Å². The molecule has 2 saturated carbocycles. The summed E-state index contributed by atoms with van der Waals surface area (Å²) >= 11 is 0. The number of H-pyrrole nitrogens is 1. The van der Waals surface area contributed by atoms with E-state index in [4.69, 9.17) is 5.73 Å². The summed E-state index contributed by atoms with van der Waals surface area (Å²) in [5, 5.41) is 0. The number of imidazole rings is 1. The number of hydrogen-bond donors (Lipinski definition) is 2. The van der Waals surface area contributed by atoms with Gasteiger partial charge in [0.1, 0.15) is 11.6 Å². The number of aromatic nitrogens is 2. The second-order valence-electron chi connectivity index (χ2n) is 7.30. The van der Waals surface area contributed by atoms with Gasteiger partial charge in [0, 0.05) is 11.5 Å². The van der Waals surface area contributed by atoms with Crippen molar-refractivity contribution in [1.82, 2.24) is 9.97 Å². The number of nitrogens with two attached hydrogens (primary N) is 1. The Balaban J connectivity index is 1.65. The molecule has 2 aliphatic rings. The summed E-state index contributed by atoms with van der Waals surface area (Å²) in [4.78, 5) is 8.17. The number of hydrogen-bond acceptors (Lipinski definition) is 2. The van der Waals surface area contributed by atoms with Crippen LogP contribution in [-0.2, 0) is 0 Å². The normalized spacial score (nSPS) is 22.0. The molecule has 1 aromatic carbocycles. The van der Waals surface area contributed by atoms with Gasteiger partial charge >= 0.3 is 0 Å². The maximum absolute atomic E-state index is 13.1. The predicted molar refractivity (Wildman–Crippen MR) is 89.5 cm³/mol. The largest absolute Gasteiger partial charge is 0.342 e. The summed E-state index contributed by atoms with van der Waals surface area (Å²) in [5.74, 6) is 1.78. The zero-order valence-electron chi connectivity index (χ0n) is 13.4. The molecule has 3 nitrogen and oxygen atoms in total. The van der Waals surface area contributed by atoms with E-state index in [9.17, 15) is 4.39 Å². The third kappa shape index (κ3) is 2.69. The van der Waals surface area contributed by atoms with Gasteiger partial charge in [-0.1, -0.05) is 12.8 Å². The first-order chi connectivity index (χ1) is 11.2. The highest BCUT2D eigenvalue weighted by Crippen LogP contribution is 2.49. The Kier molecular flexibility index (Phi) is 3.72. The molecule has 4 heteroatoms. The molecule has 1 unspecified atom stereocenters. The molecule has 3 N–H and O–H groups in total. The van der Waals surface area contributed by atoms with Crippen LogP contribution in [0, 0.1) is 11.7 Å². The first-order valence-corrected chi connectivity index (χ1v) is 8.75. The van der Waals surface area contributed by atoms with Crippen LogP contribution >= 0.6 is 0 Å². The number of nitrogens with one attached hydrogen (secondary N) is 1. The van der Waals surface area contributed by atoms with Crippen LogP contribution in [0.3, 0.4) is 0 Å². The quantitative estimate of drug-likeness (QED) is 0.880. The molecule has 4 rings (SSSR count). The van der Waals surface area contributed by atoms with Crippen molar-refractivity contribution < 1.29 is 4.39 Å². The average molecular weight is 313 g/mol. The van der Waals surface area contributed by atoms with Crippen LogP contribution in [0.15, 0.2) is 30.5 Å². The van der Waals surface area contributed by atoms with E-state index in [0.717, 1.165) is 29.9 Å². The number of halogens is 1. The van der Waals surface area contributed by atoms with E-state index >= 15 is 0 Å². The van der Waals surface area contributed by atoms with E-state index in [2.05, 4.69) is 9.97 Å². The number of rotatable bonds is 4. The van der Waals surface area contributed by atoms with Gasteiger partial charge in [0.15, 0.2) is 0 Å². The van der Waals surface area contributed by atoms with Crippen LogP contribution < -0.4 is 5.73 Å². The van der Waals surface area contributed by atoms with Gasteiger partial charge in [-0.2, -0.15) is 0 Å². The smallest absolute Gasteiger partial charge is 0.123 e. The molecule has 0 radical (unpaired) electrons. The highest BCUT2D eigenvalue weighted by atomic mass is 19.1. The maximum atomic E-state index is 13.1. The predicted octanol–water partition coefficient (Wildman–Crippen LogP) is 4.37. The fourth-order valence-electron chi connectivity index (χ4n) is 4.42. The molecule has 2 aromatic rings. The summed E-state index contributed by atoms with van der Waals surface area (Å²) in [5.41, 5.74) is 8.54. The third-order valence-electron chi connectivity index (χ3n) is 5.82. The first kappa shape index (κ1) is 14.9. The zero-order chi connectivity index (χ0) is 15.9. The van der Waals surface area contributed by atoms with Crippen molar-refractivity contribution in [3.63, 3.8) is 0 Å². The van der Waals surface area contributed by atoms with Gasteiger partial charge in [-0.3, -0.25) is 0 Å². The minimum Gasteiger partial charge on any atom is -0.342 e. The molecule has 1 atom stereocenters. The van der Waals surface area contributed by atoms with E-state index in [1.54, 1.807) is 12.1 Å². The molecule has 23 heavy (non-hydrogen) atoms. The van der Waals surface area contributed by atoms with Gasteiger partial charge < -0.3 is 10.7 Å². The van der Waals surface area contributed by atoms with Crippen molar-refractivity contribution in [3.05, 3.63) is 42.1 Å². The molecule has 0 amide bonds. The number of nitrogens with zero attached hydrogens (tertiary/aromatic N) is 1. The van der Waals surface area contributed by atoms with Gasteiger partial charge in [-0.05, 0) is 67.9 Å². The van der Waals surface area contributed by atoms with E-state index in [1.165, 1.54) is 44.2 Å². The molecular weight excluding hydrogens is 289 g/mol. The number of aromatic amines is 1. The van der Waals surface area contributed by atoms with Gasteiger partial charge in [0.05, 0.1) is 11.9 Å². The lowest BCUT2D eigenvalue weighted by Crippen LogP contribution is -2.53. The van der Waals surface area contributed by atoms with Gasteiger partial charge in [-0.15, -0.1) is 0 Å². The van der Waals surface area contributed by atoms with Crippen LogP contribution in [0.5, 0.6) is 0 Å². The SMILES string of the molecule is NC1(C(c2ncc(-c3ccc(F)cc3)[nH]2)C2CCCC2)CCC1. The topological polar surface area (TPSA) is 54.7 Å². The summed E-state index contributed by atoms with van der Waals surface area (Å²) in [6, 6.07) is 6.55. The second kappa shape index (κ2) is 5.75. The van der Waals surface area contributed by atoms with Crippen molar-refractivity contribution in [1.29, 1.82) is 0 Å². The first-order valence-electron chi connectivity index (χ1n) is 8.75. The molecule has 122 valence electrons. The maximum Gasteiger partial charge on any atom is 0.123 e. The zero-order valence-corrected chi connectivity index (χ0v) is 13.4. The Morgan fingerprint density at radius 1 is 1.13 bits per heavy atom. The Morgan fingerprint density at radius 3 is 2.43 bits per heavy atom. The molecule has 0 bridgehead atoms. The molecule has 1 heterocycles. The lowest BCUT2D eigenvalue weighted by atomic mass is 9.64. The molecule has 0 spiro atoms. The summed E-state index contributed by atoms with van der Waals surface area (Å²) < 4.78 is 13.1. The van der Waals surface area contributed by atoms with Crippen LogP contribution in [0.1, 0.15) is 56.7 Å². The van der Waals surface area contributed by atoms with Gasteiger partial charge in [0.2, 0.25) is 0 Å². The van der Waals surface area contributed by atoms with E-state index in [-0.39, 0.29) is 11.4 Å². The Labute approximate surface area is 136 Å². The molecule has 0 aliphatic heterocycles. The van der Waals surface area contributed by atoms with Crippen LogP contribution in [-0.4, -0.2) is 15.5 Å². The minimum absolute atomic E-state index is 0.0904. The minimum atomic E-state index is -0.215. The number of benzene rings is 1. The Hall–Kier alpha value is -1.68. The van der Waals surface area contributed by atoms with Crippen molar-refractivity contribution in [2.45, 2.75) is 56.4 Å². The highest BCUT2D eigenvalue weighted by molar-refractivity contribution is 5.58. The molecule has 0 saturated heterocycles. The molecule has 1 aromatic heterocycles. The Bertz CT molecular complexity index is 666. The van der Waals surface area contributed by atoms with E-state index in [0.29, 0.717) is 11.8 Å². The molecule has 2 fully saturated rings. The van der Waals surface area contributed by atoms with E-state index in [1.807, 2.05) is 6.20 Å². The van der Waals surface area contributed by atoms with Crippen molar-refractivity contribution in [3.8, 4) is 11.3 Å². The van der Waals surface area contributed by atoms with Crippen LogP contribution in [0.4, 0.5) is 4.39 Å². The highest BCUT2D eigenvalue weighted by Gasteiger charge is 2.46. The average Bonchev–Trinajstić information content (AvgIpc) is 3.19. The molecular formula is C19H24FN3. The Morgan fingerprint density at radius 2 is 1.83 bits per heavy atom. The summed E-state index contributed by atoms with van der Waals surface area (Å²) in [7, 11) is 0. The van der Waals surface area contributed by atoms with Crippen molar-refractivity contribution in [2.75, 3.05) is 0 Å². The van der Waals surface area contributed by atoms with Crippen LogP contribution in [0.2, 0.25) is 0 Å². The lowest BCUT2D eigenvalue weighted by Gasteiger charge is -2.46. The van der Waals surface area contributed by atoms with E-state index < -0.39 is 0 Å². The fraction of sp³-hybridized carbons (Fsp3) is 0.526. The summed E-state index contributed by atoms with van der Waals surface area (Å²) in [6.07, 6.45) is 10.4. The monoisotopic (exact) mass is 313 g/mol. The molecule has 2 aliphatic carbocycles. The fourth-order valence-corrected chi connectivity index (χ4v) is 4.42. The lowest BCUT2D eigenvalue weighted by molar-refractivity contribution is 0.152. The van der Waals surface area contributed by atoms with Gasteiger partial charge in [0.25, 0.3) is 0 Å². The van der Waals surface area contributed by atoms with Crippen LogP contribution in [0.25, 0.3) is 11.3 Å². The van der Waals surface area contributed by atoms with Gasteiger partial charge in [-0.25, -0.2) is 9.37 Å². The van der Waals surface area contributed by atoms with Crippen molar-refractivity contribution in [2.24, 2.45) is 11.7 Å². The third-order valence-corrected chi connectivity index (χ3v) is 5.82. The summed E-state index contributed by atoms with van der Waals surface area (Å²) in [6.45, 7) is 0. The second-order valence-corrected chi connectivity index (χ2v) is 7.30.